The van der Waals surface area contributed by atoms with Crippen LogP contribution in [-0.4, -0.2) is 38.6 Å². The highest BCUT2D eigenvalue weighted by Gasteiger charge is 2.17. The number of hydrogen-bond acceptors (Lipinski definition) is 5. The van der Waals surface area contributed by atoms with Gasteiger partial charge in [0.2, 0.25) is 5.28 Å². The summed E-state index contributed by atoms with van der Waals surface area (Å²) in [5.41, 5.74) is 1.39. The van der Waals surface area contributed by atoms with Crippen molar-refractivity contribution < 1.29 is 9.90 Å². The molecule has 1 heterocycles. The molecule has 5 nitrogen and oxygen atoms in total. The Morgan fingerprint density at radius 3 is 2.29 bits per heavy atom. The summed E-state index contributed by atoms with van der Waals surface area (Å²) in [4.78, 5) is 19.4. The molecule has 0 fully saturated rings. The van der Waals surface area contributed by atoms with Crippen molar-refractivity contribution >= 4 is 35.1 Å². The van der Waals surface area contributed by atoms with E-state index in [2.05, 4.69) is 56.0 Å². The number of aliphatic carboxylic acids is 1. The Hall–Kier alpha value is -1.27. The summed E-state index contributed by atoms with van der Waals surface area (Å²) in [5.74, 6) is 3.28. The highest BCUT2D eigenvalue weighted by Crippen LogP contribution is 2.22. The molecule has 0 aliphatic heterocycles. The largest absolute Gasteiger partial charge is 0.480 e. The second-order valence-electron chi connectivity index (χ2n) is 10.2. The highest BCUT2D eigenvalue weighted by atomic mass is 35.5. The zero-order valence-electron chi connectivity index (χ0n) is 21.9. The van der Waals surface area contributed by atoms with Crippen molar-refractivity contribution in [2.24, 2.45) is 17.8 Å². The summed E-state index contributed by atoms with van der Waals surface area (Å²) < 4.78 is 0. The third kappa shape index (κ3) is 15.6. The van der Waals surface area contributed by atoms with E-state index >= 15 is 0 Å². The molecule has 2 N–H and O–H groups in total. The van der Waals surface area contributed by atoms with Gasteiger partial charge in [0, 0.05) is 17.7 Å². The van der Waals surface area contributed by atoms with Crippen molar-refractivity contribution in [3.05, 3.63) is 29.2 Å². The van der Waals surface area contributed by atoms with Crippen LogP contribution in [0, 0.1) is 17.8 Å². The Morgan fingerprint density at radius 2 is 1.71 bits per heavy atom. The molecule has 2 unspecified atom stereocenters. The average molecular weight is 512 g/mol. The third-order valence-corrected chi connectivity index (χ3v) is 7.37. The van der Waals surface area contributed by atoms with Gasteiger partial charge in [-0.15, -0.1) is 0 Å². The second-order valence-corrected chi connectivity index (χ2v) is 11.6. The van der Waals surface area contributed by atoms with E-state index in [9.17, 15) is 9.90 Å². The smallest absolute Gasteiger partial charge is 0.327 e. The maximum Gasteiger partial charge on any atom is 0.327 e. The molecule has 0 aliphatic carbocycles. The molecule has 0 aromatic carbocycles. The molecular formula is C27H46ClN3O2S. The number of hydrogen-bond donors (Lipinski definition) is 2. The summed E-state index contributed by atoms with van der Waals surface area (Å²) in [6.07, 6.45) is 15.6. The molecule has 1 rings (SSSR count). The Labute approximate surface area is 217 Å². The Morgan fingerprint density at radius 1 is 1.09 bits per heavy atom. The van der Waals surface area contributed by atoms with E-state index in [0.29, 0.717) is 11.6 Å². The lowest BCUT2D eigenvalue weighted by Gasteiger charge is -2.15. The number of anilines is 1. The minimum absolute atomic E-state index is 0.0985. The molecule has 3 atom stereocenters. The molecule has 0 saturated carbocycles. The lowest BCUT2D eigenvalue weighted by Crippen LogP contribution is -2.32. The molecule has 0 bridgehead atoms. The van der Waals surface area contributed by atoms with Gasteiger partial charge in [0.1, 0.15) is 11.9 Å². The van der Waals surface area contributed by atoms with Gasteiger partial charge < -0.3 is 10.4 Å². The van der Waals surface area contributed by atoms with E-state index in [0.717, 1.165) is 29.9 Å². The first kappa shape index (κ1) is 30.8. The number of thioether (sulfide) groups is 1. The summed E-state index contributed by atoms with van der Waals surface area (Å²) in [6.45, 7) is 11.6. The molecule has 0 aliphatic rings. The lowest BCUT2D eigenvalue weighted by molar-refractivity contribution is -0.137. The minimum Gasteiger partial charge on any atom is -0.480 e. The predicted octanol–water partition coefficient (Wildman–Crippen LogP) is 8.11. The number of carboxylic acids is 1. The number of nitrogens with one attached hydrogen (secondary N) is 1. The number of aromatic nitrogens is 2. The first-order chi connectivity index (χ1) is 16.2. The topological polar surface area (TPSA) is 75.1 Å². The van der Waals surface area contributed by atoms with E-state index in [1.54, 1.807) is 17.8 Å². The fourth-order valence-corrected chi connectivity index (χ4v) is 5.11. The van der Waals surface area contributed by atoms with Gasteiger partial charge in [-0.1, -0.05) is 84.3 Å². The lowest BCUT2D eigenvalue weighted by atomic mass is 9.91. The molecule has 194 valence electrons. The van der Waals surface area contributed by atoms with Crippen LogP contribution >= 0.6 is 23.4 Å². The van der Waals surface area contributed by atoms with Gasteiger partial charge in [-0.2, -0.15) is 11.8 Å². The van der Waals surface area contributed by atoms with E-state index < -0.39 is 12.0 Å². The SMILES string of the molecule is C/C(=C\CSC[C@H](Nc1ccnc(Cl)n1)C(=O)O)CCCC(C)CCCC(C)CCCC(C)C. The highest BCUT2D eigenvalue weighted by molar-refractivity contribution is 7.99. The summed E-state index contributed by atoms with van der Waals surface area (Å²) in [6, 6.07) is 0.898. The minimum atomic E-state index is -0.901. The van der Waals surface area contributed by atoms with E-state index in [-0.39, 0.29) is 5.28 Å². The summed E-state index contributed by atoms with van der Waals surface area (Å²) in [7, 11) is 0. The van der Waals surface area contributed by atoms with Gasteiger partial charge in [-0.05, 0) is 55.2 Å². The van der Waals surface area contributed by atoms with Crippen LogP contribution in [-0.2, 0) is 4.79 Å². The number of halogens is 1. The van der Waals surface area contributed by atoms with Crippen LogP contribution in [0.25, 0.3) is 0 Å². The van der Waals surface area contributed by atoms with Gasteiger partial charge in [-0.25, -0.2) is 14.8 Å². The van der Waals surface area contributed by atoms with E-state index in [4.69, 9.17) is 11.6 Å². The number of rotatable bonds is 19. The number of carbonyl (C=O) groups is 1. The van der Waals surface area contributed by atoms with Crippen LogP contribution in [0.5, 0.6) is 0 Å². The van der Waals surface area contributed by atoms with Gasteiger partial charge in [-0.3, -0.25) is 0 Å². The molecule has 7 heteroatoms. The number of carboxylic acid groups (broad SMARTS) is 1. The van der Waals surface area contributed by atoms with Crippen LogP contribution in [0.2, 0.25) is 5.28 Å². The van der Waals surface area contributed by atoms with Crippen molar-refractivity contribution in [2.75, 3.05) is 16.8 Å². The second kappa shape index (κ2) is 18.1. The Bertz CT molecular complexity index is 730. The molecule has 0 amide bonds. The zero-order chi connectivity index (χ0) is 25.3. The predicted molar refractivity (Wildman–Crippen MR) is 148 cm³/mol. The van der Waals surface area contributed by atoms with Crippen LogP contribution in [0.3, 0.4) is 0 Å². The monoisotopic (exact) mass is 511 g/mol. The van der Waals surface area contributed by atoms with Crippen molar-refractivity contribution in [1.29, 1.82) is 0 Å². The van der Waals surface area contributed by atoms with Gasteiger partial charge in [0.05, 0.1) is 0 Å². The maximum atomic E-state index is 11.5. The third-order valence-electron chi connectivity index (χ3n) is 6.22. The molecule has 0 saturated heterocycles. The van der Waals surface area contributed by atoms with Crippen LogP contribution in [0.15, 0.2) is 23.9 Å². The van der Waals surface area contributed by atoms with Crippen LogP contribution in [0.4, 0.5) is 5.82 Å². The maximum absolute atomic E-state index is 11.5. The molecule has 0 radical (unpaired) electrons. The first-order valence-corrected chi connectivity index (χ1v) is 14.4. The molecule has 34 heavy (non-hydrogen) atoms. The van der Waals surface area contributed by atoms with E-state index in [1.165, 1.54) is 63.1 Å². The fraction of sp³-hybridized carbons (Fsp3) is 0.741. The first-order valence-electron chi connectivity index (χ1n) is 12.9. The summed E-state index contributed by atoms with van der Waals surface area (Å²) >= 11 is 7.38. The van der Waals surface area contributed by atoms with Crippen LogP contribution < -0.4 is 5.32 Å². The Kier molecular flexibility index (Phi) is 16.3. The quantitative estimate of drug-likeness (QED) is 0.111. The molecule has 1 aromatic heterocycles. The van der Waals surface area contributed by atoms with Gasteiger partial charge >= 0.3 is 5.97 Å². The van der Waals surface area contributed by atoms with Crippen molar-refractivity contribution in [2.45, 2.75) is 98.4 Å². The van der Waals surface area contributed by atoms with Gasteiger partial charge in [0.25, 0.3) is 0 Å². The average Bonchev–Trinajstić information content (AvgIpc) is 2.75. The summed E-state index contributed by atoms with van der Waals surface area (Å²) in [5, 5.41) is 12.5. The van der Waals surface area contributed by atoms with E-state index in [1.807, 2.05) is 0 Å². The standard InChI is InChI=1S/C27H46ClN3O2S/c1-20(2)9-6-10-21(3)11-7-12-22(4)13-8-14-23(5)16-18-34-19-24(26(32)33)30-25-15-17-29-27(28)31-25/h15-17,20-22,24H,6-14,18-19H2,1-5H3,(H,32,33)(H,29,30,31)/b23-16+/t21?,22?,24-/m0/s1. The van der Waals surface area contributed by atoms with Crippen LogP contribution in [0.1, 0.15) is 92.4 Å². The van der Waals surface area contributed by atoms with Crippen molar-refractivity contribution in [3.63, 3.8) is 0 Å². The Balaban J connectivity index is 2.17. The van der Waals surface area contributed by atoms with Crippen molar-refractivity contribution in [3.8, 4) is 0 Å². The van der Waals surface area contributed by atoms with Crippen molar-refractivity contribution in [1.82, 2.24) is 9.97 Å². The molecule has 0 spiro atoms. The normalized spacial score (nSPS) is 14.7. The zero-order valence-corrected chi connectivity index (χ0v) is 23.4. The fourth-order valence-electron chi connectivity index (χ4n) is 3.97. The van der Waals surface area contributed by atoms with Gasteiger partial charge in [0.15, 0.2) is 0 Å². The number of allylic oxidation sites excluding steroid dienone is 1. The molecular weight excluding hydrogens is 466 g/mol. The number of nitrogens with zero attached hydrogens (tertiary/aromatic N) is 2. The molecule has 1 aromatic rings.